The highest BCUT2D eigenvalue weighted by Crippen LogP contribution is 2.30. The minimum atomic E-state index is 0.0602. The van der Waals surface area contributed by atoms with Gasteiger partial charge in [-0.1, -0.05) is 13.8 Å². The Kier molecular flexibility index (Phi) is 4.68. The highest BCUT2D eigenvalue weighted by molar-refractivity contribution is 5.92. The van der Waals surface area contributed by atoms with E-state index in [1.165, 1.54) is 0 Å². The molecule has 1 aliphatic rings. The van der Waals surface area contributed by atoms with Crippen LogP contribution in [0.15, 0.2) is 30.7 Å². The van der Waals surface area contributed by atoms with Crippen molar-refractivity contribution in [2.24, 2.45) is 5.92 Å². The summed E-state index contributed by atoms with van der Waals surface area (Å²) in [5, 5.41) is 4.23. The number of aryl methyl sites for hydroxylation is 1. The number of pyridine rings is 1. The van der Waals surface area contributed by atoms with Crippen LogP contribution in [0.1, 0.15) is 49.4 Å². The van der Waals surface area contributed by atoms with Crippen molar-refractivity contribution in [1.29, 1.82) is 0 Å². The lowest BCUT2D eigenvalue weighted by molar-refractivity contribution is 0.0778. The molecule has 3 aromatic rings. The molecule has 4 rings (SSSR count). The summed E-state index contributed by atoms with van der Waals surface area (Å²) in [6, 6.07) is 3.77. The molecule has 7 heteroatoms. The van der Waals surface area contributed by atoms with Crippen molar-refractivity contribution >= 4 is 16.9 Å². The zero-order chi connectivity index (χ0) is 19.0. The summed E-state index contributed by atoms with van der Waals surface area (Å²) in [5.74, 6) is 1.90. The van der Waals surface area contributed by atoms with Crippen LogP contribution in [0, 0.1) is 5.92 Å². The number of likely N-dealkylation sites (tertiary alicyclic amines) is 1. The van der Waals surface area contributed by atoms with Gasteiger partial charge < -0.3 is 9.47 Å². The number of imidazole rings is 1. The smallest absolute Gasteiger partial charge is 0.272 e. The number of nitrogens with zero attached hydrogens (tertiary/aromatic N) is 6. The van der Waals surface area contributed by atoms with Gasteiger partial charge in [0.2, 0.25) is 0 Å². The Morgan fingerprint density at radius 3 is 2.93 bits per heavy atom. The largest absolute Gasteiger partial charge is 0.337 e. The van der Waals surface area contributed by atoms with Crippen LogP contribution in [0.5, 0.6) is 0 Å². The third-order valence-corrected chi connectivity index (χ3v) is 5.20. The summed E-state index contributed by atoms with van der Waals surface area (Å²) < 4.78 is 4.05. The second-order valence-electron chi connectivity index (χ2n) is 7.61. The van der Waals surface area contributed by atoms with Gasteiger partial charge in [0.1, 0.15) is 11.5 Å². The Morgan fingerprint density at radius 2 is 2.15 bits per heavy atom. The third kappa shape index (κ3) is 3.22. The monoisotopic (exact) mass is 366 g/mol. The normalized spacial score (nSPS) is 17.3. The lowest BCUT2D eigenvalue weighted by Crippen LogP contribution is -2.30. The van der Waals surface area contributed by atoms with Crippen LogP contribution in [0.25, 0.3) is 11.0 Å². The number of carbonyl (C=O) groups excluding carboxylic acids is 1. The minimum absolute atomic E-state index is 0.0602. The summed E-state index contributed by atoms with van der Waals surface area (Å²) in [7, 11) is 0. The predicted molar refractivity (Wildman–Crippen MR) is 104 cm³/mol. The van der Waals surface area contributed by atoms with Crippen LogP contribution in [-0.2, 0) is 13.1 Å². The maximum Gasteiger partial charge on any atom is 0.272 e. The second kappa shape index (κ2) is 7.13. The molecule has 4 heterocycles. The second-order valence-corrected chi connectivity index (χ2v) is 7.61. The zero-order valence-electron chi connectivity index (χ0n) is 16.2. The molecule has 0 aliphatic carbocycles. The topological polar surface area (TPSA) is 68.8 Å². The fourth-order valence-electron chi connectivity index (χ4n) is 3.94. The summed E-state index contributed by atoms with van der Waals surface area (Å²) in [6.07, 6.45) is 6.31. The van der Waals surface area contributed by atoms with E-state index in [0.29, 0.717) is 24.7 Å². The molecule has 0 spiro atoms. The van der Waals surface area contributed by atoms with E-state index in [1.54, 1.807) is 23.1 Å². The lowest BCUT2D eigenvalue weighted by Gasteiger charge is -2.18. The van der Waals surface area contributed by atoms with Crippen molar-refractivity contribution in [2.45, 2.75) is 46.2 Å². The third-order valence-electron chi connectivity index (χ3n) is 5.20. The van der Waals surface area contributed by atoms with Crippen LogP contribution < -0.4 is 0 Å². The number of hydrogen-bond acceptors (Lipinski definition) is 4. The van der Waals surface area contributed by atoms with Crippen LogP contribution in [-0.4, -0.2) is 48.2 Å². The maximum atomic E-state index is 12.9. The first kappa shape index (κ1) is 17.7. The number of rotatable bonds is 5. The minimum Gasteiger partial charge on any atom is -0.337 e. The van der Waals surface area contributed by atoms with Crippen LogP contribution >= 0.6 is 0 Å². The molecule has 0 bridgehead atoms. The average molecular weight is 366 g/mol. The molecule has 0 radical (unpaired) electrons. The van der Waals surface area contributed by atoms with Crippen molar-refractivity contribution in [1.82, 2.24) is 29.2 Å². The Bertz CT molecular complexity index is 956. The molecule has 0 N–H and O–H groups in total. The number of carbonyl (C=O) groups is 1. The fourth-order valence-corrected chi connectivity index (χ4v) is 3.94. The summed E-state index contributed by atoms with van der Waals surface area (Å²) >= 11 is 0. The molecule has 1 aliphatic heterocycles. The molecule has 27 heavy (non-hydrogen) atoms. The van der Waals surface area contributed by atoms with Crippen LogP contribution in [0.2, 0.25) is 0 Å². The first-order valence-corrected chi connectivity index (χ1v) is 9.69. The van der Waals surface area contributed by atoms with Gasteiger partial charge in [0.05, 0.1) is 17.2 Å². The molecule has 1 amide bonds. The Hall–Kier alpha value is -2.70. The van der Waals surface area contributed by atoms with Gasteiger partial charge >= 0.3 is 0 Å². The molecule has 7 nitrogen and oxygen atoms in total. The molecule has 3 aromatic heterocycles. The van der Waals surface area contributed by atoms with E-state index >= 15 is 0 Å². The van der Waals surface area contributed by atoms with E-state index in [4.69, 9.17) is 4.98 Å². The molecule has 0 saturated carbocycles. The lowest BCUT2D eigenvalue weighted by atomic mass is 10.1. The van der Waals surface area contributed by atoms with Crippen molar-refractivity contribution in [3.05, 3.63) is 42.2 Å². The number of amides is 1. The van der Waals surface area contributed by atoms with E-state index in [1.807, 2.05) is 24.1 Å². The first-order chi connectivity index (χ1) is 13.1. The van der Waals surface area contributed by atoms with Gasteiger partial charge in [-0.15, -0.1) is 0 Å². The van der Waals surface area contributed by atoms with Crippen LogP contribution in [0.3, 0.4) is 0 Å². The van der Waals surface area contributed by atoms with E-state index in [2.05, 4.69) is 28.5 Å². The predicted octanol–water partition coefficient (Wildman–Crippen LogP) is 2.93. The maximum absolute atomic E-state index is 12.9. The van der Waals surface area contributed by atoms with Gasteiger partial charge in [-0.2, -0.15) is 5.10 Å². The molecule has 1 saturated heterocycles. The quantitative estimate of drug-likeness (QED) is 0.696. The van der Waals surface area contributed by atoms with Gasteiger partial charge in [-0.3, -0.25) is 14.5 Å². The highest BCUT2D eigenvalue weighted by Gasteiger charge is 2.32. The molecule has 1 unspecified atom stereocenters. The van der Waals surface area contributed by atoms with Crippen molar-refractivity contribution < 1.29 is 4.79 Å². The fraction of sp³-hybridized carbons (Fsp3) is 0.500. The molecule has 1 fully saturated rings. The van der Waals surface area contributed by atoms with Gasteiger partial charge in [0.25, 0.3) is 5.91 Å². The number of aromatic nitrogens is 5. The van der Waals surface area contributed by atoms with Crippen molar-refractivity contribution in [2.75, 3.05) is 13.1 Å². The molecule has 142 valence electrons. The van der Waals surface area contributed by atoms with E-state index in [9.17, 15) is 4.79 Å². The molecule has 0 aromatic carbocycles. The Morgan fingerprint density at radius 1 is 1.30 bits per heavy atom. The summed E-state index contributed by atoms with van der Waals surface area (Å²) in [5.41, 5.74) is 2.72. The van der Waals surface area contributed by atoms with Gasteiger partial charge in [0, 0.05) is 44.5 Å². The van der Waals surface area contributed by atoms with Gasteiger partial charge in [0.15, 0.2) is 0 Å². The molecule has 1 atom stereocenters. The molecular formula is C20H26N6O. The van der Waals surface area contributed by atoms with Crippen molar-refractivity contribution in [3.8, 4) is 0 Å². The summed E-state index contributed by atoms with van der Waals surface area (Å²) in [6.45, 7) is 9.47. The van der Waals surface area contributed by atoms with Crippen LogP contribution in [0.4, 0.5) is 0 Å². The van der Waals surface area contributed by atoms with Gasteiger partial charge in [-0.05, 0) is 31.4 Å². The SMILES string of the molecule is CCn1nccc1C(=O)N1CCC(c2nc3ccncc3n2CC(C)C)C1. The highest BCUT2D eigenvalue weighted by atomic mass is 16.2. The standard InChI is InChI=1S/C20H26N6O/c1-4-26-17(6-9-22-26)20(27)24-10-7-15(13-24)19-23-16-5-8-21-11-18(16)25(19)12-14(2)3/h5-6,8-9,11,14-15H,4,7,10,12-13H2,1-3H3. The number of fused-ring (bicyclic) bond motifs is 1. The van der Waals surface area contributed by atoms with Crippen molar-refractivity contribution in [3.63, 3.8) is 0 Å². The Balaban J connectivity index is 1.61. The van der Waals surface area contributed by atoms with E-state index in [-0.39, 0.29) is 11.8 Å². The average Bonchev–Trinajstić information content (AvgIpc) is 3.39. The number of hydrogen-bond donors (Lipinski definition) is 0. The Labute approximate surface area is 159 Å². The molecular weight excluding hydrogens is 340 g/mol. The zero-order valence-corrected chi connectivity index (χ0v) is 16.2. The van der Waals surface area contributed by atoms with E-state index in [0.717, 1.165) is 36.4 Å². The van der Waals surface area contributed by atoms with Gasteiger partial charge in [-0.25, -0.2) is 4.98 Å². The van der Waals surface area contributed by atoms with E-state index < -0.39 is 0 Å². The first-order valence-electron chi connectivity index (χ1n) is 9.69. The summed E-state index contributed by atoms with van der Waals surface area (Å²) in [4.78, 5) is 24.1.